The third-order valence-corrected chi connectivity index (χ3v) is 3.56. The predicted molar refractivity (Wildman–Crippen MR) is 88.0 cm³/mol. The van der Waals surface area contributed by atoms with Gasteiger partial charge in [0.1, 0.15) is 0 Å². The molecular formula is C18H21N3. The van der Waals surface area contributed by atoms with Crippen LogP contribution < -0.4 is 11.1 Å². The van der Waals surface area contributed by atoms with E-state index in [9.17, 15) is 0 Å². The zero-order valence-corrected chi connectivity index (χ0v) is 12.6. The first-order valence-corrected chi connectivity index (χ1v) is 7.18. The average molecular weight is 279 g/mol. The highest BCUT2D eigenvalue weighted by molar-refractivity contribution is 5.58. The van der Waals surface area contributed by atoms with Gasteiger partial charge in [-0.3, -0.25) is 0 Å². The van der Waals surface area contributed by atoms with Crippen molar-refractivity contribution >= 4 is 11.4 Å². The summed E-state index contributed by atoms with van der Waals surface area (Å²) in [6.45, 7) is 5.14. The number of benzene rings is 2. The van der Waals surface area contributed by atoms with Gasteiger partial charge in [-0.15, -0.1) is 0 Å². The number of nitrogens with two attached hydrogens (primary N) is 1. The first-order valence-electron chi connectivity index (χ1n) is 7.18. The Labute approximate surface area is 126 Å². The Morgan fingerprint density at radius 3 is 2.48 bits per heavy atom. The van der Waals surface area contributed by atoms with Crippen molar-refractivity contribution in [2.75, 3.05) is 11.1 Å². The number of hydrogen-bond donors (Lipinski definition) is 2. The largest absolute Gasteiger partial charge is 0.398 e. The van der Waals surface area contributed by atoms with Crippen LogP contribution in [0.2, 0.25) is 0 Å². The van der Waals surface area contributed by atoms with Crippen LogP contribution in [0.15, 0.2) is 42.5 Å². The molecule has 0 radical (unpaired) electrons. The van der Waals surface area contributed by atoms with Crippen molar-refractivity contribution in [2.24, 2.45) is 0 Å². The lowest BCUT2D eigenvalue weighted by atomic mass is 10.0. The molecule has 0 amide bonds. The Morgan fingerprint density at radius 1 is 1.14 bits per heavy atom. The van der Waals surface area contributed by atoms with Gasteiger partial charge in [0.15, 0.2) is 0 Å². The number of hydrogen-bond acceptors (Lipinski definition) is 3. The number of nitrogens with zero attached hydrogens (tertiary/aromatic N) is 1. The van der Waals surface area contributed by atoms with Crippen molar-refractivity contribution in [2.45, 2.75) is 32.7 Å². The number of nitriles is 1. The molecule has 2 aromatic carbocycles. The number of nitrogens with one attached hydrogen (secondary N) is 1. The summed E-state index contributed by atoms with van der Waals surface area (Å²) in [5, 5.41) is 12.2. The Kier molecular flexibility index (Phi) is 4.84. The van der Waals surface area contributed by atoms with Crippen molar-refractivity contribution in [3.8, 4) is 6.07 Å². The van der Waals surface area contributed by atoms with E-state index in [1.54, 1.807) is 0 Å². The second-order valence-corrected chi connectivity index (χ2v) is 5.50. The molecule has 0 saturated carbocycles. The van der Waals surface area contributed by atoms with Crippen LogP contribution in [-0.4, -0.2) is 0 Å². The van der Waals surface area contributed by atoms with Crippen LogP contribution in [0, 0.1) is 11.3 Å². The van der Waals surface area contributed by atoms with E-state index in [4.69, 9.17) is 11.0 Å². The SMILES string of the molecule is CC(C)c1ccc(CNc2ccc(N)c(CC#N)c2)cc1. The average Bonchev–Trinajstić information content (AvgIpc) is 2.48. The molecule has 0 heterocycles. The van der Waals surface area contributed by atoms with Crippen LogP contribution in [-0.2, 0) is 13.0 Å². The van der Waals surface area contributed by atoms with E-state index in [-0.39, 0.29) is 0 Å². The van der Waals surface area contributed by atoms with Gasteiger partial charge < -0.3 is 11.1 Å². The van der Waals surface area contributed by atoms with E-state index >= 15 is 0 Å². The van der Waals surface area contributed by atoms with Crippen molar-refractivity contribution in [3.05, 3.63) is 59.2 Å². The van der Waals surface area contributed by atoms with Gasteiger partial charge in [-0.2, -0.15) is 5.26 Å². The van der Waals surface area contributed by atoms with Gasteiger partial charge >= 0.3 is 0 Å². The van der Waals surface area contributed by atoms with Crippen molar-refractivity contribution in [1.82, 2.24) is 0 Å². The molecule has 0 aliphatic rings. The summed E-state index contributed by atoms with van der Waals surface area (Å²) in [5.41, 5.74) is 11.0. The summed E-state index contributed by atoms with van der Waals surface area (Å²) in [5.74, 6) is 0.553. The second kappa shape index (κ2) is 6.81. The summed E-state index contributed by atoms with van der Waals surface area (Å²) in [4.78, 5) is 0. The van der Waals surface area contributed by atoms with Gasteiger partial charge in [-0.05, 0) is 40.8 Å². The number of rotatable bonds is 5. The molecule has 0 bridgehead atoms. The lowest BCUT2D eigenvalue weighted by Crippen LogP contribution is -2.01. The summed E-state index contributed by atoms with van der Waals surface area (Å²) in [6, 6.07) is 16.5. The van der Waals surface area contributed by atoms with Gasteiger partial charge in [0.05, 0.1) is 12.5 Å². The fourth-order valence-electron chi connectivity index (χ4n) is 2.18. The minimum atomic E-state index is 0.338. The first kappa shape index (κ1) is 14.9. The maximum absolute atomic E-state index is 8.79. The number of anilines is 2. The fraction of sp³-hybridized carbons (Fsp3) is 0.278. The molecule has 2 aromatic rings. The van der Waals surface area contributed by atoms with Crippen LogP contribution in [0.4, 0.5) is 11.4 Å². The highest BCUT2D eigenvalue weighted by atomic mass is 14.9. The predicted octanol–water partition coefficient (Wildman–Crippen LogP) is 4.07. The summed E-state index contributed by atoms with van der Waals surface area (Å²) < 4.78 is 0. The second-order valence-electron chi connectivity index (χ2n) is 5.50. The lowest BCUT2D eigenvalue weighted by Gasteiger charge is -2.11. The number of nitrogen functional groups attached to an aromatic ring is 1. The standard InChI is InChI=1S/C18H21N3/c1-13(2)15-5-3-14(4-6-15)12-21-17-7-8-18(20)16(11-17)9-10-19/h3-8,11,13,21H,9,12,20H2,1-2H3. The molecule has 0 spiro atoms. The topological polar surface area (TPSA) is 61.8 Å². The highest BCUT2D eigenvalue weighted by Crippen LogP contribution is 2.19. The minimum absolute atomic E-state index is 0.338. The zero-order chi connectivity index (χ0) is 15.2. The lowest BCUT2D eigenvalue weighted by molar-refractivity contribution is 0.865. The van der Waals surface area contributed by atoms with Crippen molar-refractivity contribution in [3.63, 3.8) is 0 Å². The van der Waals surface area contributed by atoms with Crippen LogP contribution in [0.1, 0.15) is 36.5 Å². The molecule has 21 heavy (non-hydrogen) atoms. The Bertz CT molecular complexity index is 637. The third kappa shape index (κ3) is 4.00. The van der Waals surface area contributed by atoms with Gasteiger partial charge in [0.25, 0.3) is 0 Å². The van der Waals surface area contributed by atoms with Gasteiger partial charge in [0.2, 0.25) is 0 Å². The van der Waals surface area contributed by atoms with E-state index in [2.05, 4.69) is 49.5 Å². The van der Waals surface area contributed by atoms with Crippen LogP contribution in [0.3, 0.4) is 0 Å². The molecule has 108 valence electrons. The smallest absolute Gasteiger partial charge is 0.0670 e. The Morgan fingerprint density at radius 2 is 1.86 bits per heavy atom. The zero-order valence-electron chi connectivity index (χ0n) is 12.6. The van der Waals surface area contributed by atoms with Crippen LogP contribution in [0.5, 0.6) is 0 Å². The molecule has 0 fully saturated rings. The van der Waals surface area contributed by atoms with Crippen molar-refractivity contribution < 1.29 is 0 Å². The molecule has 0 aliphatic carbocycles. The molecule has 3 nitrogen and oxygen atoms in total. The molecule has 0 atom stereocenters. The van der Waals surface area contributed by atoms with Crippen molar-refractivity contribution in [1.29, 1.82) is 5.26 Å². The summed E-state index contributed by atoms with van der Waals surface area (Å²) in [6.07, 6.45) is 0.338. The van der Waals surface area contributed by atoms with E-state index in [1.807, 2.05) is 18.2 Å². The molecule has 0 saturated heterocycles. The maximum atomic E-state index is 8.79. The van der Waals surface area contributed by atoms with Crippen LogP contribution >= 0.6 is 0 Å². The molecule has 3 heteroatoms. The molecule has 3 N–H and O–H groups in total. The maximum Gasteiger partial charge on any atom is 0.0670 e. The molecular weight excluding hydrogens is 258 g/mol. The molecule has 0 aromatic heterocycles. The summed E-state index contributed by atoms with van der Waals surface area (Å²) in [7, 11) is 0. The van der Waals surface area contributed by atoms with Gasteiger partial charge in [-0.1, -0.05) is 38.1 Å². The quantitative estimate of drug-likeness (QED) is 0.811. The van der Waals surface area contributed by atoms with Crippen LogP contribution in [0.25, 0.3) is 0 Å². The molecule has 0 unspecified atom stereocenters. The third-order valence-electron chi connectivity index (χ3n) is 3.56. The minimum Gasteiger partial charge on any atom is -0.398 e. The van der Waals surface area contributed by atoms with Gasteiger partial charge in [-0.25, -0.2) is 0 Å². The monoisotopic (exact) mass is 279 g/mol. The highest BCUT2D eigenvalue weighted by Gasteiger charge is 2.02. The normalized spacial score (nSPS) is 10.4. The Balaban J connectivity index is 2.02. The van der Waals surface area contributed by atoms with E-state index in [0.29, 0.717) is 18.0 Å². The van der Waals surface area contributed by atoms with E-state index in [0.717, 1.165) is 17.8 Å². The van der Waals surface area contributed by atoms with Gasteiger partial charge in [0, 0.05) is 17.9 Å². The Hall–Kier alpha value is -2.47. The molecule has 2 rings (SSSR count). The summed E-state index contributed by atoms with van der Waals surface area (Å²) >= 11 is 0. The van der Waals surface area contributed by atoms with E-state index in [1.165, 1.54) is 11.1 Å². The fourth-order valence-corrected chi connectivity index (χ4v) is 2.18. The first-order chi connectivity index (χ1) is 10.1. The van der Waals surface area contributed by atoms with E-state index < -0.39 is 0 Å². The molecule has 0 aliphatic heterocycles.